The minimum atomic E-state index is -1.64. The molecule has 4 aliphatic rings. The van der Waals surface area contributed by atoms with Crippen molar-refractivity contribution in [2.45, 2.75) is 71.3 Å². The SMILES string of the molecule is CCC(=O)O[C@]1(C(=S)OC)C(C)C[C@H]2[C@@H]3C[C@H](F)C4=C(F)C(=O)C=C[C@]4(C)[C@H]3[C@@H](O)C[C@@]21C. The van der Waals surface area contributed by atoms with Crippen molar-refractivity contribution in [1.29, 1.82) is 0 Å². The van der Waals surface area contributed by atoms with Crippen LogP contribution < -0.4 is 0 Å². The van der Waals surface area contributed by atoms with E-state index in [0.717, 1.165) is 6.08 Å². The van der Waals surface area contributed by atoms with E-state index in [0.29, 0.717) is 6.42 Å². The second kappa shape index (κ2) is 7.94. The number of aliphatic hydroxyl groups is 1. The first-order valence-corrected chi connectivity index (χ1v) is 12.1. The van der Waals surface area contributed by atoms with Gasteiger partial charge in [0, 0.05) is 34.7 Å². The number of allylic oxidation sites excluding steroid dienone is 4. The molecule has 0 aromatic carbocycles. The van der Waals surface area contributed by atoms with Crippen molar-refractivity contribution < 1.29 is 33.0 Å². The molecule has 0 aromatic rings. The second-order valence-electron chi connectivity index (χ2n) is 10.6. The molecule has 4 rings (SSSR count). The lowest BCUT2D eigenvalue weighted by molar-refractivity contribution is -0.187. The van der Waals surface area contributed by atoms with Crippen LogP contribution in [0.2, 0.25) is 0 Å². The molecule has 1 unspecified atom stereocenters. The van der Waals surface area contributed by atoms with Gasteiger partial charge in [-0.1, -0.05) is 33.8 Å². The minimum absolute atomic E-state index is 0.00822. The van der Waals surface area contributed by atoms with Gasteiger partial charge in [-0.2, -0.15) is 0 Å². The van der Waals surface area contributed by atoms with Gasteiger partial charge in [0.25, 0.3) is 0 Å². The third kappa shape index (κ3) is 3.05. The standard InChI is InChI=1S/C25H32F2O5S/c1-6-18(30)32-25(22(33)31-5)12(2)9-14-13-10-15(26)20-21(27)16(28)7-8-23(20,3)19(13)17(29)11-24(14,25)4/h7-8,12-15,17,19,29H,6,9-11H2,1-5H3/t12?,13-,14-,15-,17-,19+,23+,24-,25-/m0/s1. The first-order chi connectivity index (χ1) is 15.4. The maximum Gasteiger partial charge on any atom is 0.306 e. The van der Waals surface area contributed by atoms with Crippen molar-refractivity contribution >= 4 is 29.0 Å². The van der Waals surface area contributed by atoms with Gasteiger partial charge in [-0.3, -0.25) is 9.59 Å². The van der Waals surface area contributed by atoms with Crippen LogP contribution >= 0.6 is 12.2 Å². The highest BCUT2D eigenvalue weighted by atomic mass is 32.1. The highest BCUT2D eigenvalue weighted by Crippen LogP contribution is 2.69. The number of hydrogen-bond acceptors (Lipinski definition) is 6. The average molecular weight is 483 g/mol. The van der Waals surface area contributed by atoms with E-state index in [1.165, 1.54) is 7.11 Å². The number of aliphatic hydroxyl groups excluding tert-OH is 1. The lowest BCUT2D eigenvalue weighted by Gasteiger charge is -2.60. The van der Waals surface area contributed by atoms with Gasteiger partial charge < -0.3 is 14.6 Å². The second-order valence-corrected chi connectivity index (χ2v) is 11.0. The van der Waals surface area contributed by atoms with Gasteiger partial charge >= 0.3 is 5.97 Å². The summed E-state index contributed by atoms with van der Waals surface area (Å²) >= 11 is 5.60. The Balaban J connectivity index is 1.85. The molecular formula is C25H32F2O5S. The molecule has 0 aliphatic heterocycles. The fourth-order valence-corrected chi connectivity index (χ4v) is 8.32. The minimum Gasteiger partial charge on any atom is -0.487 e. The molecule has 0 radical (unpaired) electrons. The number of fused-ring (bicyclic) bond motifs is 5. The zero-order valence-electron chi connectivity index (χ0n) is 19.7. The van der Waals surface area contributed by atoms with E-state index in [9.17, 15) is 19.1 Å². The maximum absolute atomic E-state index is 15.5. The van der Waals surface area contributed by atoms with Gasteiger partial charge in [0.05, 0.1) is 13.2 Å². The molecule has 0 aromatic heterocycles. The molecule has 4 aliphatic carbocycles. The summed E-state index contributed by atoms with van der Waals surface area (Å²) in [5, 5.41) is 11.7. The van der Waals surface area contributed by atoms with Crippen LogP contribution in [0.25, 0.3) is 0 Å². The maximum atomic E-state index is 15.5. The van der Waals surface area contributed by atoms with Crippen molar-refractivity contribution in [2.24, 2.45) is 34.5 Å². The van der Waals surface area contributed by atoms with Crippen LogP contribution in [0.3, 0.4) is 0 Å². The molecule has 0 saturated heterocycles. The molecule has 0 amide bonds. The highest BCUT2D eigenvalue weighted by molar-refractivity contribution is 7.80. The van der Waals surface area contributed by atoms with Gasteiger partial charge in [-0.25, -0.2) is 8.78 Å². The molecule has 9 atom stereocenters. The van der Waals surface area contributed by atoms with Crippen LogP contribution in [0.1, 0.15) is 53.4 Å². The van der Waals surface area contributed by atoms with Gasteiger partial charge in [0.15, 0.2) is 11.4 Å². The van der Waals surface area contributed by atoms with Crippen molar-refractivity contribution in [3.05, 3.63) is 23.6 Å². The molecule has 3 fully saturated rings. The Bertz CT molecular complexity index is 962. The third-order valence-corrected chi connectivity index (χ3v) is 9.62. The predicted octanol–water partition coefficient (Wildman–Crippen LogP) is 4.42. The highest BCUT2D eigenvalue weighted by Gasteiger charge is 2.73. The van der Waals surface area contributed by atoms with Crippen LogP contribution in [0.15, 0.2) is 23.6 Å². The summed E-state index contributed by atoms with van der Waals surface area (Å²) in [4.78, 5) is 24.5. The first kappa shape index (κ1) is 24.5. The van der Waals surface area contributed by atoms with E-state index in [2.05, 4.69) is 0 Å². The average Bonchev–Trinajstić information content (AvgIpc) is 2.97. The molecule has 33 heavy (non-hydrogen) atoms. The summed E-state index contributed by atoms with van der Waals surface area (Å²) in [6.07, 6.45) is 1.10. The van der Waals surface area contributed by atoms with Crippen LogP contribution in [0, 0.1) is 34.5 Å². The number of esters is 1. The predicted molar refractivity (Wildman–Crippen MR) is 122 cm³/mol. The first-order valence-electron chi connectivity index (χ1n) is 11.6. The summed E-state index contributed by atoms with van der Waals surface area (Å²) in [7, 11) is 1.44. The Labute approximate surface area is 198 Å². The number of thiocarbonyl (C=S) groups is 1. The number of hydrogen-bond donors (Lipinski definition) is 1. The van der Waals surface area contributed by atoms with Crippen molar-refractivity contribution in [1.82, 2.24) is 0 Å². The fraction of sp³-hybridized carbons (Fsp3) is 0.720. The third-order valence-electron chi connectivity index (χ3n) is 9.15. The molecule has 8 heteroatoms. The van der Waals surface area contributed by atoms with Gasteiger partial charge in [-0.05, 0) is 49.4 Å². The topological polar surface area (TPSA) is 72.8 Å². The molecule has 5 nitrogen and oxygen atoms in total. The number of carbonyl (C=O) groups is 2. The smallest absolute Gasteiger partial charge is 0.306 e. The van der Waals surface area contributed by atoms with E-state index in [-0.39, 0.29) is 47.6 Å². The van der Waals surface area contributed by atoms with Gasteiger partial charge in [-0.15, -0.1) is 0 Å². The Morgan fingerprint density at radius 2 is 2.00 bits per heavy atom. The Morgan fingerprint density at radius 1 is 1.33 bits per heavy atom. The Hall–Kier alpha value is -1.67. The lowest BCUT2D eigenvalue weighted by Crippen LogP contribution is -2.64. The van der Waals surface area contributed by atoms with Crippen LogP contribution in [-0.2, 0) is 19.1 Å². The number of alkyl halides is 1. The monoisotopic (exact) mass is 482 g/mol. The van der Waals surface area contributed by atoms with E-state index < -0.39 is 52.2 Å². The number of carbonyl (C=O) groups excluding carboxylic acids is 2. The number of halogens is 2. The Morgan fingerprint density at radius 3 is 2.61 bits per heavy atom. The zero-order valence-corrected chi connectivity index (χ0v) is 20.5. The summed E-state index contributed by atoms with van der Waals surface area (Å²) < 4.78 is 41.9. The fourth-order valence-electron chi connectivity index (χ4n) is 7.85. The molecule has 3 saturated carbocycles. The largest absolute Gasteiger partial charge is 0.487 e. The number of methoxy groups -OCH3 is 1. The number of ether oxygens (including phenoxy) is 2. The number of rotatable bonds is 3. The van der Waals surface area contributed by atoms with Crippen molar-refractivity contribution in [3.8, 4) is 0 Å². The van der Waals surface area contributed by atoms with Crippen molar-refractivity contribution in [3.63, 3.8) is 0 Å². The zero-order chi connectivity index (χ0) is 24.5. The molecule has 0 spiro atoms. The van der Waals surface area contributed by atoms with E-state index in [1.807, 2.05) is 13.8 Å². The van der Waals surface area contributed by atoms with Crippen LogP contribution in [0.4, 0.5) is 8.78 Å². The molecule has 0 heterocycles. The Kier molecular flexibility index (Phi) is 5.88. The van der Waals surface area contributed by atoms with Crippen LogP contribution in [0.5, 0.6) is 0 Å². The molecule has 182 valence electrons. The summed E-state index contributed by atoms with van der Waals surface area (Å²) in [5.74, 6) is -3.46. The van der Waals surface area contributed by atoms with E-state index in [1.54, 1.807) is 19.9 Å². The van der Waals surface area contributed by atoms with E-state index >= 15 is 4.39 Å². The van der Waals surface area contributed by atoms with Crippen LogP contribution in [-0.4, -0.2) is 46.9 Å². The van der Waals surface area contributed by atoms with Crippen molar-refractivity contribution in [2.75, 3.05) is 7.11 Å². The van der Waals surface area contributed by atoms with Gasteiger partial charge in [0.1, 0.15) is 6.17 Å². The summed E-state index contributed by atoms with van der Waals surface area (Å²) in [5.41, 5.74) is -3.30. The van der Waals surface area contributed by atoms with E-state index in [4.69, 9.17) is 21.7 Å². The summed E-state index contributed by atoms with van der Waals surface area (Å²) in [6, 6.07) is 0. The quantitative estimate of drug-likeness (QED) is 0.474. The molecular weight excluding hydrogens is 450 g/mol. The lowest BCUT2D eigenvalue weighted by atomic mass is 9.46. The summed E-state index contributed by atoms with van der Waals surface area (Å²) in [6.45, 7) is 7.30. The number of ketones is 1. The molecule has 1 N–H and O–H groups in total. The van der Waals surface area contributed by atoms with Gasteiger partial charge in [0.2, 0.25) is 10.8 Å². The molecule has 0 bridgehead atoms. The normalized spacial score (nSPS) is 46.4.